The van der Waals surface area contributed by atoms with E-state index in [1.807, 2.05) is 19.1 Å². The number of nitrogens with one attached hydrogen (secondary N) is 1. The van der Waals surface area contributed by atoms with Gasteiger partial charge in [0.25, 0.3) is 0 Å². The van der Waals surface area contributed by atoms with Crippen molar-refractivity contribution in [1.29, 1.82) is 0 Å². The first kappa shape index (κ1) is 18.8. The minimum absolute atomic E-state index is 0.0760. The summed E-state index contributed by atoms with van der Waals surface area (Å²) in [5.74, 6) is -0.434. The van der Waals surface area contributed by atoms with Crippen LogP contribution in [0.15, 0.2) is 36.4 Å². The van der Waals surface area contributed by atoms with Crippen LogP contribution >= 0.6 is 0 Å². The van der Waals surface area contributed by atoms with Crippen LogP contribution in [0.25, 0.3) is 0 Å². The van der Waals surface area contributed by atoms with Crippen LogP contribution in [0.5, 0.6) is 5.75 Å². The van der Waals surface area contributed by atoms with Crippen LogP contribution in [0.1, 0.15) is 29.2 Å². The zero-order valence-corrected chi connectivity index (χ0v) is 14.7. The topological polar surface area (TPSA) is 67.5 Å². The van der Waals surface area contributed by atoms with Crippen molar-refractivity contribution in [2.24, 2.45) is 5.73 Å². The number of hydrogen-bond donors (Lipinski definition) is 3. The van der Waals surface area contributed by atoms with Gasteiger partial charge in [0.2, 0.25) is 0 Å². The lowest BCUT2D eigenvalue weighted by Gasteiger charge is -2.29. The Morgan fingerprint density at radius 3 is 2.69 bits per heavy atom. The van der Waals surface area contributed by atoms with Crippen LogP contribution in [0.2, 0.25) is 0 Å². The fourth-order valence-corrected chi connectivity index (χ4v) is 3.28. The van der Waals surface area contributed by atoms with Gasteiger partial charge in [0.1, 0.15) is 17.4 Å². The molecule has 6 heteroatoms. The average Bonchev–Trinajstić information content (AvgIpc) is 2.58. The first-order valence-electron chi connectivity index (χ1n) is 8.77. The summed E-state index contributed by atoms with van der Waals surface area (Å²) in [7, 11) is 0. The van der Waals surface area contributed by atoms with E-state index in [2.05, 4.69) is 11.4 Å². The van der Waals surface area contributed by atoms with Crippen LogP contribution in [0.4, 0.5) is 8.78 Å². The molecule has 1 aliphatic heterocycles. The predicted molar refractivity (Wildman–Crippen MR) is 96.1 cm³/mol. The highest BCUT2D eigenvalue weighted by molar-refractivity contribution is 5.40. The van der Waals surface area contributed by atoms with Crippen molar-refractivity contribution in [3.8, 4) is 5.75 Å². The lowest BCUT2D eigenvalue weighted by molar-refractivity contribution is 0.133. The standard InChI is InChI=1S/C20H24F2N2O2/c1-12-2-3-20-16(6-12)18(4-5-26-20)24-11-19(25)17(23)9-13-7-14(21)10-15(22)8-13/h2-3,6-8,10,17-19,24-25H,4-5,9,11,23H2,1H3/t17?,18-,19?/m0/s1. The van der Waals surface area contributed by atoms with Gasteiger partial charge in [0, 0.05) is 36.7 Å². The summed E-state index contributed by atoms with van der Waals surface area (Å²) in [6.07, 6.45) is 0.159. The number of benzene rings is 2. The van der Waals surface area contributed by atoms with E-state index < -0.39 is 23.8 Å². The van der Waals surface area contributed by atoms with E-state index >= 15 is 0 Å². The highest BCUT2D eigenvalue weighted by atomic mass is 19.1. The quantitative estimate of drug-likeness (QED) is 0.739. The third-order valence-electron chi connectivity index (χ3n) is 4.67. The maximum Gasteiger partial charge on any atom is 0.126 e. The lowest BCUT2D eigenvalue weighted by atomic mass is 9.97. The summed E-state index contributed by atoms with van der Waals surface area (Å²) >= 11 is 0. The molecule has 26 heavy (non-hydrogen) atoms. The van der Waals surface area contributed by atoms with E-state index in [0.717, 1.165) is 29.4 Å². The van der Waals surface area contributed by atoms with E-state index in [-0.39, 0.29) is 19.0 Å². The summed E-state index contributed by atoms with van der Waals surface area (Å²) in [5.41, 5.74) is 8.67. The second kappa shape index (κ2) is 8.12. The fourth-order valence-electron chi connectivity index (χ4n) is 3.28. The summed E-state index contributed by atoms with van der Waals surface area (Å²) in [6, 6.07) is 8.78. The number of aliphatic hydroxyl groups excluding tert-OH is 1. The van der Waals surface area contributed by atoms with Crippen molar-refractivity contribution in [1.82, 2.24) is 5.32 Å². The number of rotatable bonds is 6. The molecule has 1 aliphatic rings. The molecule has 0 radical (unpaired) electrons. The third kappa shape index (κ3) is 4.58. The zero-order chi connectivity index (χ0) is 18.7. The molecule has 0 fully saturated rings. The number of aryl methyl sites for hydroxylation is 1. The van der Waals surface area contributed by atoms with Gasteiger partial charge in [-0.2, -0.15) is 0 Å². The van der Waals surface area contributed by atoms with Crippen LogP contribution in [-0.2, 0) is 6.42 Å². The van der Waals surface area contributed by atoms with Crippen molar-refractivity contribution < 1.29 is 18.6 Å². The van der Waals surface area contributed by atoms with Gasteiger partial charge in [0.05, 0.1) is 12.7 Å². The van der Waals surface area contributed by atoms with Crippen LogP contribution in [0.3, 0.4) is 0 Å². The molecule has 0 amide bonds. The molecule has 4 nitrogen and oxygen atoms in total. The molecular formula is C20H24F2N2O2. The molecule has 140 valence electrons. The normalized spacial score (nSPS) is 18.7. The van der Waals surface area contributed by atoms with Crippen molar-refractivity contribution in [3.63, 3.8) is 0 Å². The highest BCUT2D eigenvalue weighted by Crippen LogP contribution is 2.32. The van der Waals surface area contributed by atoms with Crippen molar-refractivity contribution in [3.05, 3.63) is 64.7 Å². The third-order valence-corrected chi connectivity index (χ3v) is 4.67. The first-order chi connectivity index (χ1) is 12.4. The van der Waals surface area contributed by atoms with Crippen molar-refractivity contribution in [2.45, 2.75) is 38.0 Å². The summed E-state index contributed by atoms with van der Waals surface area (Å²) in [6.45, 7) is 2.92. The monoisotopic (exact) mass is 362 g/mol. The van der Waals surface area contributed by atoms with Gasteiger partial charge in [-0.25, -0.2) is 8.78 Å². The Morgan fingerprint density at radius 1 is 1.23 bits per heavy atom. The van der Waals surface area contributed by atoms with Crippen molar-refractivity contribution >= 4 is 0 Å². The molecule has 0 spiro atoms. The molecule has 2 unspecified atom stereocenters. The Bertz CT molecular complexity index is 749. The van der Waals surface area contributed by atoms with Gasteiger partial charge in [-0.05, 0) is 37.1 Å². The Hall–Kier alpha value is -2.02. The van der Waals surface area contributed by atoms with Gasteiger partial charge >= 0.3 is 0 Å². The molecule has 4 N–H and O–H groups in total. The number of aliphatic hydroxyl groups is 1. The molecule has 3 rings (SSSR count). The lowest BCUT2D eigenvalue weighted by Crippen LogP contribution is -2.44. The van der Waals surface area contributed by atoms with Gasteiger partial charge in [-0.1, -0.05) is 17.7 Å². The minimum atomic E-state index is -0.836. The maximum atomic E-state index is 13.3. The second-order valence-electron chi connectivity index (χ2n) is 6.85. The summed E-state index contributed by atoms with van der Waals surface area (Å²) < 4.78 is 32.2. The Balaban J connectivity index is 1.59. The van der Waals surface area contributed by atoms with E-state index in [1.54, 1.807) is 0 Å². The Morgan fingerprint density at radius 2 is 1.96 bits per heavy atom. The number of fused-ring (bicyclic) bond motifs is 1. The number of ether oxygens (including phenoxy) is 1. The predicted octanol–water partition coefficient (Wildman–Crippen LogP) is 2.62. The first-order valence-corrected chi connectivity index (χ1v) is 8.77. The largest absolute Gasteiger partial charge is 0.493 e. The molecule has 0 aromatic heterocycles. The molecule has 2 aromatic rings. The number of halogens is 2. The Labute approximate surface area is 152 Å². The van der Waals surface area contributed by atoms with Crippen LogP contribution in [0, 0.1) is 18.6 Å². The molecule has 1 heterocycles. The van der Waals surface area contributed by atoms with Gasteiger partial charge < -0.3 is 20.9 Å². The maximum absolute atomic E-state index is 13.3. The SMILES string of the molecule is Cc1ccc2c(c1)[C@@H](NCC(O)C(N)Cc1cc(F)cc(F)c1)CCO2. The van der Waals surface area contributed by atoms with E-state index in [4.69, 9.17) is 10.5 Å². The minimum Gasteiger partial charge on any atom is -0.493 e. The molecule has 0 saturated carbocycles. The molecule has 0 bridgehead atoms. The smallest absolute Gasteiger partial charge is 0.126 e. The van der Waals surface area contributed by atoms with Gasteiger partial charge in [-0.15, -0.1) is 0 Å². The molecule has 0 aliphatic carbocycles. The Kier molecular flexibility index (Phi) is 5.86. The molecule has 2 aromatic carbocycles. The second-order valence-corrected chi connectivity index (χ2v) is 6.85. The molecule has 3 atom stereocenters. The summed E-state index contributed by atoms with van der Waals surface area (Å²) in [5, 5.41) is 13.7. The van der Waals surface area contributed by atoms with Crippen LogP contribution < -0.4 is 15.8 Å². The van der Waals surface area contributed by atoms with Crippen LogP contribution in [-0.4, -0.2) is 30.4 Å². The van der Waals surface area contributed by atoms with Crippen molar-refractivity contribution in [2.75, 3.05) is 13.2 Å². The zero-order valence-electron chi connectivity index (χ0n) is 14.7. The van der Waals surface area contributed by atoms with E-state index in [9.17, 15) is 13.9 Å². The van der Waals surface area contributed by atoms with E-state index in [0.29, 0.717) is 12.2 Å². The highest BCUT2D eigenvalue weighted by Gasteiger charge is 2.23. The number of hydrogen-bond acceptors (Lipinski definition) is 4. The van der Waals surface area contributed by atoms with Gasteiger partial charge in [0.15, 0.2) is 0 Å². The molecular weight excluding hydrogens is 338 g/mol. The fraction of sp³-hybridized carbons (Fsp3) is 0.400. The van der Waals surface area contributed by atoms with E-state index in [1.165, 1.54) is 12.1 Å². The van der Waals surface area contributed by atoms with Gasteiger partial charge in [-0.3, -0.25) is 0 Å². The summed E-state index contributed by atoms with van der Waals surface area (Å²) in [4.78, 5) is 0. The number of nitrogens with two attached hydrogens (primary N) is 1. The average molecular weight is 362 g/mol. The molecule has 0 saturated heterocycles.